The van der Waals surface area contributed by atoms with Crippen LogP contribution in [0.1, 0.15) is 33.6 Å². The lowest BCUT2D eigenvalue weighted by Gasteiger charge is -2.09. The molecule has 16 heavy (non-hydrogen) atoms. The molecule has 0 saturated carbocycles. The molecule has 0 unspecified atom stereocenters. The van der Waals surface area contributed by atoms with Gasteiger partial charge in [-0.2, -0.15) is 0 Å². The predicted octanol–water partition coefficient (Wildman–Crippen LogP) is 3.65. The first-order chi connectivity index (χ1) is 7.51. The summed E-state index contributed by atoms with van der Waals surface area (Å²) in [4.78, 5) is 11.1. The van der Waals surface area contributed by atoms with Crippen molar-refractivity contribution in [2.45, 2.75) is 33.6 Å². The molecule has 0 saturated heterocycles. The van der Waals surface area contributed by atoms with Crippen LogP contribution in [0.2, 0.25) is 0 Å². The maximum Gasteiger partial charge on any atom is 0.306 e. The van der Waals surface area contributed by atoms with E-state index in [-0.39, 0.29) is 11.9 Å². The maximum absolute atomic E-state index is 11.1. The first kappa shape index (κ1) is 14.7. The molecular formula is C14H22O2. The van der Waals surface area contributed by atoms with E-state index < -0.39 is 0 Å². The second kappa shape index (κ2) is 7.91. The van der Waals surface area contributed by atoms with Crippen LogP contribution < -0.4 is 0 Å². The number of hydrogen-bond acceptors (Lipinski definition) is 2. The molecule has 0 aromatic heterocycles. The van der Waals surface area contributed by atoms with Crippen molar-refractivity contribution in [1.29, 1.82) is 0 Å². The molecule has 0 aliphatic heterocycles. The van der Waals surface area contributed by atoms with Gasteiger partial charge >= 0.3 is 5.97 Å². The minimum Gasteiger partial charge on any atom is -0.461 e. The monoisotopic (exact) mass is 222 g/mol. The van der Waals surface area contributed by atoms with Crippen molar-refractivity contribution in [3.63, 3.8) is 0 Å². The van der Waals surface area contributed by atoms with E-state index in [0.717, 1.165) is 17.6 Å². The molecule has 1 atom stereocenters. The minimum absolute atomic E-state index is 0.138. The van der Waals surface area contributed by atoms with Crippen LogP contribution in [0.15, 0.2) is 36.5 Å². The van der Waals surface area contributed by atoms with Gasteiger partial charge in [0.1, 0.15) is 6.61 Å². The first-order valence-electron chi connectivity index (χ1n) is 5.62. The maximum atomic E-state index is 11.1. The Balaban J connectivity index is 4.18. The van der Waals surface area contributed by atoms with Crippen molar-refractivity contribution in [2.75, 3.05) is 6.61 Å². The van der Waals surface area contributed by atoms with Crippen molar-refractivity contribution < 1.29 is 9.53 Å². The highest BCUT2D eigenvalue weighted by Crippen LogP contribution is 2.13. The van der Waals surface area contributed by atoms with Crippen LogP contribution in [0.3, 0.4) is 0 Å². The summed E-state index contributed by atoms with van der Waals surface area (Å²) in [6.07, 6.45) is 5.16. The highest BCUT2D eigenvalue weighted by Gasteiger charge is 2.04. The largest absolute Gasteiger partial charge is 0.461 e. The van der Waals surface area contributed by atoms with Gasteiger partial charge in [0, 0.05) is 12.3 Å². The lowest BCUT2D eigenvalue weighted by molar-refractivity contribution is -0.142. The van der Waals surface area contributed by atoms with E-state index in [4.69, 9.17) is 4.74 Å². The lowest BCUT2D eigenvalue weighted by Crippen LogP contribution is -2.06. The molecule has 90 valence electrons. The van der Waals surface area contributed by atoms with Gasteiger partial charge < -0.3 is 4.74 Å². The second-order valence-electron chi connectivity index (χ2n) is 4.03. The van der Waals surface area contributed by atoms with Gasteiger partial charge in [0.2, 0.25) is 0 Å². The summed E-state index contributed by atoms with van der Waals surface area (Å²) in [5.41, 5.74) is 2.06. The molecule has 0 amide bonds. The van der Waals surface area contributed by atoms with Crippen LogP contribution in [0.4, 0.5) is 0 Å². The van der Waals surface area contributed by atoms with E-state index in [1.54, 1.807) is 0 Å². The third-order valence-corrected chi connectivity index (χ3v) is 2.20. The highest BCUT2D eigenvalue weighted by molar-refractivity contribution is 5.69. The van der Waals surface area contributed by atoms with E-state index in [0.29, 0.717) is 13.0 Å². The zero-order valence-electron chi connectivity index (χ0n) is 10.6. The van der Waals surface area contributed by atoms with E-state index in [1.807, 2.05) is 32.9 Å². The van der Waals surface area contributed by atoms with Gasteiger partial charge in [-0.05, 0) is 25.8 Å². The standard InChI is InChI=1S/C14H22O2/c1-6-8-14(15)16-10-12(5)9-13(7-2)11(3)4/h7,9,13H,2-3,6,8,10H2,1,4-5H3/b12-9+/t13-/m0/s1. The number of hydrogen-bond donors (Lipinski definition) is 0. The van der Waals surface area contributed by atoms with E-state index in [9.17, 15) is 4.79 Å². The summed E-state index contributed by atoms with van der Waals surface area (Å²) in [5, 5.41) is 0. The van der Waals surface area contributed by atoms with Crippen LogP contribution >= 0.6 is 0 Å². The Kier molecular flexibility index (Phi) is 7.27. The van der Waals surface area contributed by atoms with Gasteiger partial charge in [0.15, 0.2) is 0 Å². The molecule has 0 heterocycles. The molecule has 0 aliphatic carbocycles. The van der Waals surface area contributed by atoms with Crippen LogP contribution in [0, 0.1) is 5.92 Å². The highest BCUT2D eigenvalue weighted by atomic mass is 16.5. The van der Waals surface area contributed by atoms with Crippen LogP contribution in [0.5, 0.6) is 0 Å². The lowest BCUT2D eigenvalue weighted by atomic mass is 10.00. The molecule has 2 heteroatoms. The van der Waals surface area contributed by atoms with Gasteiger partial charge in [-0.3, -0.25) is 4.79 Å². The summed E-state index contributed by atoms with van der Waals surface area (Å²) in [5.74, 6) is 0.0191. The molecule has 0 aromatic carbocycles. The van der Waals surface area contributed by atoms with E-state index in [2.05, 4.69) is 13.2 Å². The predicted molar refractivity (Wildman–Crippen MR) is 68.1 cm³/mol. The number of esters is 1. The molecule has 0 aromatic rings. The molecule has 0 N–H and O–H groups in total. The van der Waals surface area contributed by atoms with Crippen molar-refractivity contribution in [3.8, 4) is 0 Å². The fourth-order valence-corrected chi connectivity index (χ4v) is 1.24. The van der Waals surface area contributed by atoms with E-state index in [1.165, 1.54) is 0 Å². The Morgan fingerprint density at radius 1 is 1.44 bits per heavy atom. The van der Waals surface area contributed by atoms with Crippen molar-refractivity contribution in [3.05, 3.63) is 36.5 Å². The molecule has 0 aliphatic rings. The smallest absolute Gasteiger partial charge is 0.306 e. The quantitative estimate of drug-likeness (QED) is 0.485. The van der Waals surface area contributed by atoms with Crippen molar-refractivity contribution >= 4 is 5.97 Å². The van der Waals surface area contributed by atoms with Crippen molar-refractivity contribution in [2.24, 2.45) is 5.92 Å². The fraction of sp³-hybridized carbons (Fsp3) is 0.500. The molecule has 0 radical (unpaired) electrons. The average molecular weight is 222 g/mol. The molecule has 0 fully saturated rings. The Morgan fingerprint density at radius 3 is 2.50 bits per heavy atom. The summed E-state index contributed by atoms with van der Waals surface area (Å²) in [6, 6.07) is 0. The molecule has 0 bridgehead atoms. The molecule has 0 spiro atoms. The average Bonchev–Trinajstić information content (AvgIpc) is 2.23. The third kappa shape index (κ3) is 6.23. The van der Waals surface area contributed by atoms with Crippen LogP contribution in [0.25, 0.3) is 0 Å². The Bertz CT molecular complexity index is 287. The topological polar surface area (TPSA) is 26.3 Å². The van der Waals surface area contributed by atoms with Gasteiger partial charge in [0.25, 0.3) is 0 Å². The number of carbonyl (C=O) groups is 1. The third-order valence-electron chi connectivity index (χ3n) is 2.20. The summed E-state index contributed by atoms with van der Waals surface area (Å²) in [6.45, 7) is 13.8. The van der Waals surface area contributed by atoms with Crippen LogP contribution in [-0.4, -0.2) is 12.6 Å². The molecular weight excluding hydrogens is 200 g/mol. The normalized spacial score (nSPS) is 13.1. The summed E-state index contributed by atoms with van der Waals surface area (Å²) in [7, 11) is 0. The van der Waals surface area contributed by atoms with Gasteiger partial charge in [-0.25, -0.2) is 0 Å². The summed E-state index contributed by atoms with van der Waals surface area (Å²) < 4.78 is 5.10. The zero-order chi connectivity index (χ0) is 12.6. The number of rotatable bonds is 7. The van der Waals surface area contributed by atoms with Crippen molar-refractivity contribution in [1.82, 2.24) is 0 Å². The molecule has 2 nitrogen and oxygen atoms in total. The minimum atomic E-state index is -0.138. The Hall–Kier alpha value is -1.31. The number of allylic oxidation sites excluding steroid dienone is 3. The second-order valence-corrected chi connectivity index (χ2v) is 4.03. The van der Waals surface area contributed by atoms with Gasteiger partial charge in [0.05, 0.1) is 0 Å². The zero-order valence-corrected chi connectivity index (χ0v) is 10.6. The Labute approximate surface area is 98.7 Å². The van der Waals surface area contributed by atoms with Crippen LogP contribution in [-0.2, 0) is 9.53 Å². The van der Waals surface area contributed by atoms with Gasteiger partial charge in [-0.1, -0.05) is 31.2 Å². The van der Waals surface area contributed by atoms with Gasteiger partial charge in [-0.15, -0.1) is 6.58 Å². The summed E-state index contributed by atoms with van der Waals surface area (Å²) >= 11 is 0. The number of carbonyl (C=O) groups excluding carboxylic acids is 1. The van der Waals surface area contributed by atoms with E-state index >= 15 is 0 Å². The first-order valence-corrected chi connectivity index (χ1v) is 5.62. The SMILES string of the molecule is C=C[C@@H](/C=C(\C)COC(=O)CCC)C(=C)C. The molecule has 0 rings (SSSR count). The Morgan fingerprint density at radius 2 is 2.06 bits per heavy atom. The number of ether oxygens (including phenoxy) is 1. The fourth-order valence-electron chi connectivity index (χ4n) is 1.24.